The van der Waals surface area contributed by atoms with Gasteiger partial charge in [-0.1, -0.05) is 30.3 Å². The molecule has 0 radical (unpaired) electrons. The lowest BCUT2D eigenvalue weighted by Gasteiger charge is -2.16. The van der Waals surface area contributed by atoms with Gasteiger partial charge in [-0.25, -0.2) is 0 Å². The molecular weight excluding hydrogens is 284 g/mol. The number of benzene rings is 1. The topological polar surface area (TPSA) is 32.3 Å². The Bertz CT molecular complexity index is 540. The van der Waals surface area contributed by atoms with E-state index in [2.05, 4.69) is 40.5 Å². The SMILES string of the molecule is O=C(NC[C@@H]1CCN(CCc2ccccc2)C1)[C@H]1C[C@H]1C1CC1. The van der Waals surface area contributed by atoms with Gasteiger partial charge >= 0.3 is 0 Å². The van der Waals surface area contributed by atoms with Crippen LogP contribution in [0.2, 0.25) is 0 Å². The summed E-state index contributed by atoms with van der Waals surface area (Å²) in [5, 5.41) is 3.23. The average Bonchev–Trinajstić information content (AvgIpc) is 3.48. The van der Waals surface area contributed by atoms with Crippen LogP contribution in [0.25, 0.3) is 0 Å². The summed E-state index contributed by atoms with van der Waals surface area (Å²) in [6.45, 7) is 4.35. The van der Waals surface area contributed by atoms with Crippen LogP contribution in [0.5, 0.6) is 0 Å². The van der Waals surface area contributed by atoms with E-state index in [1.54, 1.807) is 0 Å². The lowest BCUT2D eigenvalue weighted by atomic mass is 10.1. The van der Waals surface area contributed by atoms with Gasteiger partial charge in [0.25, 0.3) is 0 Å². The van der Waals surface area contributed by atoms with Crippen LogP contribution < -0.4 is 5.32 Å². The molecule has 124 valence electrons. The van der Waals surface area contributed by atoms with Crippen molar-refractivity contribution < 1.29 is 4.79 Å². The molecule has 1 aromatic rings. The van der Waals surface area contributed by atoms with Crippen molar-refractivity contribution in [3.63, 3.8) is 0 Å². The van der Waals surface area contributed by atoms with Crippen molar-refractivity contribution in [1.82, 2.24) is 10.2 Å². The van der Waals surface area contributed by atoms with E-state index in [1.807, 2.05) is 0 Å². The second kappa shape index (κ2) is 6.64. The van der Waals surface area contributed by atoms with Gasteiger partial charge in [-0.3, -0.25) is 4.79 Å². The second-order valence-electron chi connectivity index (χ2n) is 7.78. The van der Waals surface area contributed by atoms with E-state index in [0.717, 1.165) is 44.3 Å². The van der Waals surface area contributed by atoms with Crippen LogP contribution >= 0.6 is 0 Å². The Hall–Kier alpha value is -1.35. The van der Waals surface area contributed by atoms with Gasteiger partial charge < -0.3 is 10.2 Å². The van der Waals surface area contributed by atoms with Crippen LogP contribution in [0.4, 0.5) is 0 Å². The molecule has 2 aliphatic carbocycles. The summed E-state index contributed by atoms with van der Waals surface area (Å²) in [7, 11) is 0. The minimum atomic E-state index is 0.338. The molecule has 2 saturated carbocycles. The highest BCUT2D eigenvalue weighted by molar-refractivity contribution is 5.81. The number of rotatable bonds is 7. The Labute approximate surface area is 139 Å². The number of nitrogens with zero attached hydrogens (tertiary/aromatic N) is 1. The maximum atomic E-state index is 12.2. The number of carbonyl (C=O) groups is 1. The lowest BCUT2D eigenvalue weighted by molar-refractivity contribution is -0.122. The second-order valence-corrected chi connectivity index (χ2v) is 7.78. The zero-order valence-corrected chi connectivity index (χ0v) is 13.9. The molecule has 23 heavy (non-hydrogen) atoms. The van der Waals surface area contributed by atoms with Gasteiger partial charge in [-0.05, 0) is 62.0 Å². The maximum Gasteiger partial charge on any atom is 0.223 e. The van der Waals surface area contributed by atoms with Crippen molar-refractivity contribution in [1.29, 1.82) is 0 Å². The van der Waals surface area contributed by atoms with Crippen LogP contribution in [0, 0.1) is 23.7 Å². The highest BCUT2D eigenvalue weighted by Crippen LogP contribution is 2.54. The quantitative estimate of drug-likeness (QED) is 0.839. The molecule has 3 nitrogen and oxygen atoms in total. The Morgan fingerprint density at radius 3 is 2.78 bits per heavy atom. The van der Waals surface area contributed by atoms with Gasteiger partial charge in [0.15, 0.2) is 0 Å². The third-order valence-corrected chi connectivity index (χ3v) is 5.90. The molecule has 1 aromatic carbocycles. The maximum absolute atomic E-state index is 12.2. The minimum Gasteiger partial charge on any atom is -0.356 e. The van der Waals surface area contributed by atoms with E-state index < -0.39 is 0 Å². The summed E-state index contributed by atoms with van der Waals surface area (Å²) in [5.41, 5.74) is 1.42. The summed E-state index contributed by atoms with van der Waals surface area (Å²) in [6, 6.07) is 10.7. The number of nitrogens with one attached hydrogen (secondary N) is 1. The first-order valence-electron chi connectivity index (χ1n) is 9.33. The van der Waals surface area contributed by atoms with Gasteiger partial charge in [0, 0.05) is 25.6 Å². The number of hydrogen-bond donors (Lipinski definition) is 1. The van der Waals surface area contributed by atoms with Crippen molar-refractivity contribution in [2.45, 2.75) is 32.1 Å². The first-order chi connectivity index (χ1) is 11.3. The number of carbonyl (C=O) groups excluding carboxylic acids is 1. The summed E-state index contributed by atoms with van der Waals surface area (Å²) in [6.07, 6.45) is 6.25. The highest BCUT2D eigenvalue weighted by atomic mass is 16.2. The Kier molecular flexibility index (Phi) is 4.39. The standard InChI is InChI=1S/C20H28N2O/c23-20(19-12-18(19)17-6-7-17)21-13-16-9-11-22(14-16)10-8-15-4-2-1-3-5-15/h1-5,16-19H,6-14H2,(H,21,23)/t16-,18-,19-/m0/s1. The third kappa shape index (κ3) is 3.95. The van der Waals surface area contributed by atoms with Crippen LogP contribution in [0.15, 0.2) is 30.3 Å². The Balaban J connectivity index is 1.14. The van der Waals surface area contributed by atoms with Crippen molar-refractivity contribution >= 4 is 5.91 Å². The molecule has 3 atom stereocenters. The molecular formula is C20H28N2O. The van der Waals surface area contributed by atoms with Crippen molar-refractivity contribution in [2.24, 2.45) is 23.7 Å². The van der Waals surface area contributed by atoms with Crippen LogP contribution in [0.1, 0.15) is 31.2 Å². The van der Waals surface area contributed by atoms with Gasteiger partial charge in [-0.15, -0.1) is 0 Å². The zero-order chi connectivity index (χ0) is 15.6. The average molecular weight is 312 g/mol. The number of likely N-dealkylation sites (tertiary alicyclic amines) is 1. The van der Waals surface area contributed by atoms with Crippen molar-refractivity contribution in [2.75, 3.05) is 26.2 Å². The van der Waals surface area contributed by atoms with Gasteiger partial charge in [0.05, 0.1) is 0 Å². The van der Waals surface area contributed by atoms with E-state index in [-0.39, 0.29) is 0 Å². The van der Waals surface area contributed by atoms with Crippen molar-refractivity contribution in [3.05, 3.63) is 35.9 Å². The zero-order valence-electron chi connectivity index (χ0n) is 13.9. The minimum absolute atomic E-state index is 0.338. The first-order valence-corrected chi connectivity index (χ1v) is 9.33. The third-order valence-electron chi connectivity index (χ3n) is 5.90. The normalized spacial score (nSPS) is 30.3. The predicted molar refractivity (Wildman–Crippen MR) is 92.0 cm³/mol. The highest BCUT2D eigenvalue weighted by Gasteiger charge is 2.51. The molecule has 1 N–H and O–H groups in total. The van der Waals surface area contributed by atoms with Crippen LogP contribution in [-0.4, -0.2) is 37.0 Å². The van der Waals surface area contributed by atoms with Crippen molar-refractivity contribution in [3.8, 4) is 0 Å². The summed E-state index contributed by atoms with van der Waals surface area (Å²) in [4.78, 5) is 14.7. The molecule has 0 unspecified atom stereocenters. The summed E-state index contributed by atoms with van der Waals surface area (Å²) < 4.78 is 0. The van der Waals surface area contributed by atoms with Crippen LogP contribution in [0.3, 0.4) is 0 Å². The monoisotopic (exact) mass is 312 g/mol. The molecule has 0 aromatic heterocycles. The Morgan fingerprint density at radius 2 is 2.00 bits per heavy atom. The number of hydrogen-bond acceptors (Lipinski definition) is 2. The largest absolute Gasteiger partial charge is 0.356 e. The fourth-order valence-electron chi connectivity index (χ4n) is 4.15. The summed E-state index contributed by atoms with van der Waals surface area (Å²) in [5.74, 6) is 2.97. The molecule has 0 bridgehead atoms. The molecule has 3 fully saturated rings. The lowest BCUT2D eigenvalue weighted by Crippen LogP contribution is -2.32. The van der Waals surface area contributed by atoms with E-state index in [0.29, 0.717) is 17.7 Å². The smallest absolute Gasteiger partial charge is 0.223 e. The Morgan fingerprint density at radius 1 is 1.17 bits per heavy atom. The van der Waals surface area contributed by atoms with Gasteiger partial charge in [0.2, 0.25) is 5.91 Å². The van der Waals surface area contributed by atoms with E-state index in [1.165, 1.54) is 31.4 Å². The molecule has 3 aliphatic rings. The fourth-order valence-corrected chi connectivity index (χ4v) is 4.15. The molecule has 1 amide bonds. The molecule has 1 saturated heterocycles. The van der Waals surface area contributed by atoms with Gasteiger partial charge in [-0.2, -0.15) is 0 Å². The number of amides is 1. The molecule has 0 spiro atoms. The van der Waals surface area contributed by atoms with E-state index >= 15 is 0 Å². The first kappa shape index (κ1) is 15.2. The van der Waals surface area contributed by atoms with E-state index in [4.69, 9.17) is 0 Å². The fraction of sp³-hybridized carbons (Fsp3) is 0.650. The van der Waals surface area contributed by atoms with E-state index in [9.17, 15) is 4.79 Å². The molecule has 4 rings (SSSR count). The predicted octanol–water partition coefficient (Wildman–Crippen LogP) is 2.71. The van der Waals surface area contributed by atoms with Crippen LogP contribution in [-0.2, 0) is 11.2 Å². The molecule has 1 heterocycles. The summed E-state index contributed by atoms with van der Waals surface area (Å²) >= 11 is 0. The molecule has 3 heteroatoms. The van der Waals surface area contributed by atoms with Gasteiger partial charge in [0.1, 0.15) is 0 Å². The molecule has 1 aliphatic heterocycles.